The van der Waals surface area contributed by atoms with Crippen LogP contribution >= 0.6 is 0 Å². The fourth-order valence-corrected chi connectivity index (χ4v) is 2.52. The van der Waals surface area contributed by atoms with Crippen LogP contribution in [0.4, 0.5) is 10.2 Å². The van der Waals surface area contributed by atoms with Crippen LogP contribution in [0.15, 0.2) is 30.6 Å². The number of hydrogen-bond acceptors (Lipinski definition) is 3. The Bertz CT molecular complexity index is 580. The largest absolute Gasteiger partial charge is 0.363 e. The number of anilines is 1. The molecule has 2 aromatic rings. The van der Waals surface area contributed by atoms with Crippen molar-refractivity contribution in [3.8, 4) is 0 Å². The van der Waals surface area contributed by atoms with Gasteiger partial charge in [0.1, 0.15) is 18.0 Å². The second kappa shape index (κ2) is 4.96. The maximum atomic E-state index is 12.9. The number of nitrogens with one attached hydrogen (secondary N) is 1. The molecule has 1 aliphatic rings. The molecule has 1 atom stereocenters. The first-order valence-electron chi connectivity index (χ1n) is 6.59. The first-order chi connectivity index (χ1) is 9.24. The van der Waals surface area contributed by atoms with Gasteiger partial charge in [-0.25, -0.2) is 14.4 Å². The molecule has 1 aromatic heterocycles. The van der Waals surface area contributed by atoms with Gasteiger partial charge >= 0.3 is 0 Å². The molecule has 98 valence electrons. The molecule has 1 aliphatic carbocycles. The number of rotatable bonds is 3. The van der Waals surface area contributed by atoms with Crippen molar-refractivity contribution in [3.63, 3.8) is 0 Å². The van der Waals surface area contributed by atoms with E-state index in [0.717, 1.165) is 36.3 Å². The molecule has 0 spiro atoms. The minimum atomic E-state index is -0.209. The summed E-state index contributed by atoms with van der Waals surface area (Å²) in [5.74, 6) is 0.707. The SMILES string of the molecule is CC(Nc1ncnc2c1CCC2)c1ccc(F)cc1. The molecule has 0 saturated heterocycles. The minimum Gasteiger partial charge on any atom is -0.363 e. The van der Waals surface area contributed by atoms with Gasteiger partial charge in [0.25, 0.3) is 0 Å². The first-order valence-corrected chi connectivity index (χ1v) is 6.59. The second-order valence-corrected chi connectivity index (χ2v) is 4.92. The molecule has 0 fully saturated rings. The summed E-state index contributed by atoms with van der Waals surface area (Å²) < 4.78 is 12.9. The zero-order valence-corrected chi connectivity index (χ0v) is 10.9. The average molecular weight is 257 g/mol. The lowest BCUT2D eigenvalue weighted by Crippen LogP contribution is -2.10. The predicted molar refractivity (Wildman–Crippen MR) is 72.5 cm³/mol. The van der Waals surface area contributed by atoms with E-state index in [2.05, 4.69) is 22.2 Å². The fourth-order valence-electron chi connectivity index (χ4n) is 2.52. The molecule has 0 radical (unpaired) electrons. The maximum absolute atomic E-state index is 12.9. The summed E-state index contributed by atoms with van der Waals surface area (Å²) in [6.45, 7) is 2.05. The Hall–Kier alpha value is -1.97. The highest BCUT2D eigenvalue weighted by Gasteiger charge is 2.18. The van der Waals surface area contributed by atoms with Gasteiger partial charge in [0.2, 0.25) is 0 Å². The maximum Gasteiger partial charge on any atom is 0.133 e. The Labute approximate surface area is 111 Å². The van der Waals surface area contributed by atoms with E-state index in [-0.39, 0.29) is 11.9 Å². The zero-order chi connectivity index (χ0) is 13.2. The molecule has 0 aliphatic heterocycles. The Kier molecular flexibility index (Phi) is 3.15. The van der Waals surface area contributed by atoms with E-state index in [1.807, 2.05) is 0 Å². The van der Waals surface area contributed by atoms with Crippen LogP contribution in [0.25, 0.3) is 0 Å². The van der Waals surface area contributed by atoms with E-state index in [0.29, 0.717) is 0 Å². The van der Waals surface area contributed by atoms with Crippen molar-refractivity contribution in [2.45, 2.75) is 32.2 Å². The molecule has 0 saturated carbocycles. The van der Waals surface area contributed by atoms with Crippen molar-refractivity contribution in [2.75, 3.05) is 5.32 Å². The zero-order valence-electron chi connectivity index (χ0n) is 10.9. The molecular formula is C15H16FN3. The number of aromatic nitrogens is 2. The third kappa shape index (κ3) is 2.43. The predicted octanol–water partition coefficient (Wildman–Crippen LogP) is 3.28. The Morgan fingerprint density at radius 1 is 1.16 bits per heavy atom. The van der Waals surface area contributed by atoms with E-state index >= 15 is 0 Å². The third-order valence-corrected chi connectivity index (χ3v) is 3.60. The summed E-state index contributed by atoms with van der Waals surface area (Å²) in [6, 6.07) is 6.67. The van der Waals surface area contributed by atoms with Crippen molar-refractivity contribution in [3.05, 3.63) is 53.2 Å². The fraction of sp³-hybridized carbons (Fsp3) is 0.333. The summed E-state index contributed by atoms with van der Waals surface area (Å²) in [6.07, 6.45) is 4.84. The van der Waals surface area contributed by atoms with Gasteiger partial charge in [-0.1, -0.05) is 12.1 Å². The lowest BCUT2D eigenvalue weighted by molar-refractivity contribution is 0.626. The van der Waals surface area contributed by atoms with Gasteiger partial charge in [-0.15, -0.1) is 0 Å². The number of benzene rings is 1. The van der Waals surface area contributed by atoms with Gasteiger partial charge in [0, 0.05) is 17.3 Å². The smallest absolute Gasteiger partial charge is 0.133 e. The van der Waals surface area contributed by atoms with Gasteiger partial charge in [-0.2, -0.15) is 0 Å². The van der Waals surface area contributed by atoms with Crippen molar-refractivity contribution in [1.29, 1.82) is 0 Å². The van der Waals surface area contributed by atoms with Crippen LogP contribution < -0.4 is 5.32 Å². The summed E-state index contributed by atoms with van der Waals surface area (Å²) >= 11 is 0. The quantitative estimate of drug-likeness (QED) is 0.917. The molecule has 1 unspecified atom stereocenters. The molecule has 19 heavy (non-hydrogen) atoms. The van der Waals surface area contributed by atoms with Crippen LogP contribution in [-0.2, 0) is 12.8 Å². The topological polar surface area (TPSA) is 37.8 Å². The molecule has 1 aromatic carbocycles. The van der Waals surface area contributed by atoms with Crippen LogP contribution in [-0.4, -0.2) is 9.97 Å². The second-order valence-electron chi connectivity index (χ2n) is 4.92. The molecular weight excluding hydrogens is 241 g/mol. The number of hydrogen-bond donors (Lipinski definition) is 1. The first kappa shape index (κ1) is 12.1. The third-order valence-electron chi connectivity index (χ3n) is 3.60. The lowest BCUT2D eigenvalue weighted by Gasteiger charge is -2.17. The standard InChI is InChI=1S/C15H16FN3/c1-10(11-5-7-12(16)8-6-11)19-15-13-3-2-4-14(13)17-9-18-15/h5-10H,2-4H2,1H3,(H,17,18,19). The van der Waals surface area contributed by atoms with Crippen LogP contribution in [0.1, 0.15) is 36.2 Å². The Balaban J connectivity index is 1.82. The number of nitrogens with zero attached hydrogens (tertiary/aromatic N) is 2. The van der Waals surface area contributed by atoms with Crippen molar-refractivity contribution >= 4 is 5.82 Å². The van der Waals surface area contributed by atoms with Crippen molar-refractivity contribution < 1.29 is 4.39 Å². The summed E-state index contributed by atoms with van der Waals surface area (Å²) in [7, 11) is 0. The van der Waals surface area contributed by atoms with Crippen LogP contribution in [0.5, 0.6) is 0 Å². The van der Waals surface area contributed by atoms with Gasteiger partial charge in [-0.3, -0.25) is 0 Å². The monoisotopic (exact) mass is 257 g/mol. The van der Waals surface area contributed by atoms with E-state index in [9.17, 15) is 4.39 Å². The average Bonchev–Trinajstić information content (AvgIpc) is 2.89. The molecule has 0 bridgehead atoms. The highest BCUT2D eigenvalue weighted by molar-refractivity contribution is 5.49. The van der Waals surface area contributed by atoms with E-state index in [4.69, 9.17) is 0 Å². The van der Waals surface area contributed by atoms with Crippen LogP contribution in [0, 0.1) is 5.82 Å². The minimum absolute atomic E-state index is 0.0974. The van der Waals surface area contributed by atoms with Crippen LogP contribution in [0.3, 0.4) is 0 Å². The summed E-state index contributed by atoms with van der Waals surface area (Å²) in [5, 5.41) is 3.40. The van der Waals surface area contributed by atoms with E-state index in [1.165, 1.54) is 17.7 Å². The highest BCUT2D eigenvalue weighted by atomic mass is 19.1. The molecule has 4 heteroatoms. The molecule has 3 nitrogen and oxygen atoms in total. The van der Waals surface area contributed by atoms with Crippen molar-refractivity contribution in [1.82, 2.24) is 9.97 Å². The number of halogens is 1. The number of aryl methyl sites for hydroxylation is 1. The summed E-state index contributed by atoms with van der Waals surface area (Å²) in [4.78, 5) is 8.65. The molecule has 1 heterocycles. The Morgan fingerprint density at radius 3 is 2.74 bits per heavy atom. The van der Waals surface area contributed by atoms with Gasteiger partial charge in [-0.05, 0) is 43.9 Å². The lowest BCUT2D eigenvalue weighted by atomic mass is 10.1. The summed E-state index contributed by atoms with van der Waals surface area (Å²) in [5.41, 5.74) is 3.44. The normalized spacial score (nSPS) is 15.1. The van der Waals surface area contributed by atoms with E-state index < -0.39 is 0 Å². The molecule has 1 N–H and O–H groups in total. The number of fused-ring (bicyclic) bond motifs is 1. The van der Waals surface area contributed by atoms with E-state index in [1.54, 1.807) is 18.5 Å². The van der Waals surface area contributed by atoms with Crippen LogP contribution in [0.2, 0.25) is 0 Å². The molecule has 3 rings (SSSR count). The van der Waals surface area contributed by atoms with Gasteiger partial charge < -0.3 is 5.32 Å². The van der Waals surface area contributed by atoms with Gasteiger partial charge in [0.15, 0.2) is 0 Å². The van der Waals surface area contributed by atoms with Crippen molar-refractivity contribution in [2.24, 2.45) is 0 Å². The Morgan fingerprint density at radius 2 is 1.95 bits per heavy atom. The molecule has 0 amide bonds. The highest BCUT2D eigenvalue weighted by Crippen LogP contribution is 2.27. The van der Waals surface area contributed by atoms with Gasteiger partial charge in [0.05, 0.1) is 0 Å².